The molecule has 0 bridgehead atoms. The van der Waals surface area contributed by atoms with E-state index in [0.717, 1.165) is 19.4 Å². The van der Waals surface area contributed by atoms with Gasteiger partial charge in [-0.15, -0.1) is 12.4 Å². The van der Waals surface area contributed by atoms with Gasteiger partial charge in [-0.1, -0.05) is 0 Å². The molecule has 0 radical (unpaired) electrons. The highest BCUT2D eigenvalue weighted by Crippen LogP contribution is 2.37. The van der Waals surface area contributed by atoms with Crippen molar-refractivity contribution in [2.75, 3.05) is 13.1 Å². The Bertz CT molecular complexity index is 349. The molecule has 2 fully saturated rings. The van der Waals surface area contributed by atoms with Crippen LogP contribution in [0.5, 0.6) is 0 Å². The van der Waals surface area contributed by atoms with Crippen LogP contribution in [0.3, 0.4) is 0 Å². The Kier molecular flexibility index (Phi) is 6.35. The molecule has 1 saturated carbocycles. The van der Waals surface area contributed by atoms with Gasteiger partial charge >= 0.3 is 6.18 Å². The molecule has 2 rings (SSSR count). The number of hydrogen-bond acceptors (Lipinski definition) is 2. The maximum Gasteiger partial charge on any atom is 0.391 e. The fourth-order valence-electron chi connectivity index (χ4n) is 3.17. The average Bonchev–Trinajstić information content (AvgIpc) is 2.39. The predicted molar refractivity (Wildman–Crippen MR) is 77.4 cm³/mol. The van der Waals surface area contributed by atoms with Gasteiger partial charge in [0.2, 0.25) is 5.91 Å². The molecule has 1 unspecified atom stereocenters. The fourth-order valence-corrected chi connectivity index (χ4v) is 3.17. The van der Waals surface area contributed by atoms with Crippen molar-refractivity contribution in [2.24, 2.45) is 11.3 Å². The summed E-state index contributed by atoms with van der Waals surface area (Å²) in [5.41, 5.74) is -0.418. The molecule has 2 N–H and O–H groups in total. The van der Waals surface area contributed by atoms with Gasteiger partial charge in [0.15, 0.2) is 0 Å². The lowest BCUT2D eigenvalue weighted by atomic mass is 9.80. The van der Waals surface area contributed by atoms with Gasteiger partial charge < -0.3 is 10.6 Å². The monoisotopic (exact) mass is 328 g/mol. The number of nitrogens with one attached hydrogen (secondary N) is 2. The molecular weight excluding hydrogens is 305 g/mol. The topological polar surface area (TPSA) is 41.1 Å². The van der Waals surface area contributed by atoms with Crippen molar-refractivity contribution in [1.29, 1.82) is 0 Å². The molecule has 0 aromatic rings. The molecule has 2 aliphatic rings. The van der Waals surface area contributed by atoms with E-state index in [9.17, 15) is 18.0 Å². The Labute approximate surface area is 129 Å². The number of hydrogen-bond donors (Lipinski definition) is 2. The van der Waals surface area contributed by atoms with E-state index in [1.54, 1.807) is 0 Å². The van der Waals surface area contributed by atoms with E-state index in [-0.39, 0.29) is 37.2 Å². The molecule has 0 aromatic heterocycles. The molecule has 7 heteroatoms. The summed E-state index contributed by atoms with van der Waals surface area (Å²) in [6.07, 6.45) is -1.17. The number of carbonyl (C=O) groups excluding carboxylic acids is 1. The second-order valence-electron chi connectivity index (χ2n) is 6.40. The van der Waals surface area contributed by atoms with E-state index >= 15 is 0 Å². The fraction of sp³-hybridized carbons (Fsp3) is 0.929. The summed E-state index contributed by atoms with van der Waals surface area (Å²) in [6, 6.07) is -0.0974. The molecular formula is C14H24ClF3N2O. The second-order valence-corrected chi connectivity index (χ2v) is 6.40. The van der Waals surface area contributed by atoms with Crippen LogP contribution in [0.2, 0.25) is 0 Å². The SMILES string of the molecule is CC1(C(=O)NC2CCC(C(F)(F)F)CC2)CCCNC1.Cl. The van der Waals surface area contributed by atoms with Gasteiger partial charge in [0, 0.05) is 12.6 Å². The summed E-state index contributed by atoms with van der Waals surface area (Å²) in [7, 11) is 0. The highest BCUT2D eigenvalue weighted by atomic mass is 35.5. The molecule has 0 spiro atoms. The molecule has 1 amide bonds. The van der Waals surface area contributed by atoms with Crippen molar-refractivity contribution in [2.45, 2.75) is 57.7 Å². The van der Waals surface area contributed by atoms with E-state index in [2.05, 4.69) is 10.6 Å². The molecule has 124 valence electrons. The normalized spacial score (nSPS) is 33.9. The Hall–Kier alpha value is -0.490. The van der Waals surface area contributed by atoms with Gasteiger partial charge in [-0.25, -0.2) is 0 Å². The predicted octanol–water partition coefficient (Wildman–Crippen LogP) is 3.04. The van der Waals surface area contributed by atoms with Gasteiger partial charge in [-0.2, -0.15) is 13.2 Å². The van der Waals surface area contributed by atoms with Crippen LogP contribution in [0.25, 0.3) is 0 Å². The summed E-state index contributed by atoms with van der Waals surface area (Å²) in [5, 5.41) is 6.17. The van der Waals surface area contributed by atoms with Crippen molar-refractivity contribution in [1.82, 2.24) is 10.6 Å². The highest BCUT2D eigenvalue weighted by Gasteiger charge is 2.42. The number of amides is 1. The van der Waals surface area contributed by atoms with E-state index in [1.165, 1.54) is 0 Å². The van der Waals surface area contributed by atoms with Gasteiger partial charge in [-0.3, -0.25) is 4.79 Å². The van der Waals surface area contributed by atoms with Crippen LogP contribution >= 0.6 is 12.4 Å². The quantitative estimate of drug-likeness (QED) is 0.818. The van der Waals surface area contributed by atoms with Crippen molar-refractivity contribution in [3.63, 3.8) is 0 Å². The van der Waals surface area contributed by atoms with Crippen molar-refractivity contribution in [3.8, 4) is 0 Å². The van der Waals surface area contributed by atoms with Crippen molar-refractivity contribution in [3.05, 3.63) is 0 Å². The number of rotatable bonds is 2. The largest absolute Gasteiger partial charge is 0.391 e. The van der Waals surface area contributed by atoms with Crippen LogP contribution in [-0.2, 0) is 4.79 Å². The Balaban J connectivity index is 0.00000220. The van der Waals surface area contributed by atoms with Crippen LogP contribution in [0.4, 0.5) is 13.2 Å². The minimum Gasteiger partial charge on any atom is -0.353 e. The zero-order chi connectivity index (χ0) is 14.8. The summed E-state index contributed by atoms with van der Waals surface area (Å²) < 4.78 is 37.8. The molecule has 1 atom stereocenters. The molecule has 21 heavy (non-hydrogen) atoms. The van der Waals surface area contributed by atoms with Gasteiger partial charge in [-0.05, 0) is 52.0 Å². The lowest BCUT2D eigenvalue weighted by Crippen LogP contribution is -2.52. The highest BCUT2D eigenvalue weighted by molar-refractivity contribution is 5.85. The molecule has 1 aliphatic heterocycles. The maximum atomic E-state index is 12.6. The zero-order valence-corrected chi connectivity index (χ0v) is 13.1. The molecule has 1 heterocycles. The van der Waals surface area contributed by atoms with E-state index < -0.39 is 17.5 Å². The Morgan fingerprint density at radius 3 is 2.33 bits per heavy atom. The van der Waals surface area contributed by atoms with Crippen molar-refractivity contribution >= 4 is 18.3 Å². The summed E-state index contributed by atoms with van der Waals surface area (Å²) in [6.45, 7) is 3.51. The van der Waals surface area contributed by atoms with Gasteiger partial charge in [0.25, 0.3) is 0 Å². The third kappa shape index (κ3) is 4.74. The molecule has 0 aromatic carbocycles. The van der Waals surface area contributed by atoms with Crippen LogP contribution in [0.1, 0.15) is 45.4 Å². The summed E-state index contributed by atoms with van der Waals surface area (Å²) in [4.78, 5) is 12.3. The second kappa shape index (κ2) is 7.18. The first-order valence-corrected chi connectivity index (χ1v) is 7.40. The van der Waals surface area contributed by atoms with Gasteiger partial charge in [0.1, 0.15) is 0 Å². The number of halogens is 4. The first-order valence-electron chi connectivity index (χ1n) is 7.40. The minimum absolute atomic E-state index is 0. The maximum absolute atomic E-state index is 12.6. The van der Waals surface area contributed by atoms with E-state index in [1.807, 2.05) is 6.92 Å². The Morgan fingerprint density at radius 1 is 1.24 bits per heavy atom. The minimum atomic E-state index is -4.09. The van der Waals surface area contributed by atoms with E-state index in [0.29, 0.717) is 19.4 Å². The third-order valence-corrected chi connectivity index (χ3v) is 4.67. The van der Waals surface area contributed by atoms with Crippen LogP contribution in [0, 0.1) is 11.3 Å². The van der Waals surface area contributed by atoms with Gasteiger partial charge in [0.05, 0.1) is 11.3 Å². The van der Waals surface area contributed by atoms with E-state index in [4.69, 9.17) is 0 Å². The average molecular weight is 329 g/mol. The first kappa shape index (κ1) is 18.6. The Morgan fingerprint density at radius 2 is 1.86 bits per heavy atom. The number of piperidine rings is 1. The number of carbonyl (C=O) groups is 1. The lowest BCUT2D eigenvalue weighted by Gasteiger charge is -2.36. The molecule has 3 nitrogen and oxygen atoms in total. The smallest absolute Gasteiger partial charge is 0.353 e. The third-order valence-electron chi connectivity index (χ3n) is 4.67. The molecule has 1 aliphatic carbocycles. The first-order chi connectivity index (χ1) is 9.31. The summed E-state index contributed by atoms with van der Waals surface area (Å²) in [5.74, 6) is -1.21. The van der Waals surface area contributed by atoms with Crippen molar-refractivity contribution < 1.29 is 18.0 Å². The summed E-state index contributed by atoms with van der Waals surface area (Å²) >= 11 is 0. The lowest BCUT2D eigenvalue weighted by molar-refractivity contribution is -0.182. The van der Waals surface area contributed by atoms with Crippen LogP contribution < -0.4 is 10.6 Å². The van der Waals surface area contributed by atoms with Crippen LogP contribution in [-0.4, -0.2) is 31.2 Å². The zero-order valence-electron chi connectivity index (χ0n) is 12.3. The number of alkyl halides is 3. The molecule has 1 saturated heterocycles. The standard InChI is InChI=1S/C14H23F3N2O.ClH/c1-13(7-2-8-18-9-13)12(20)19-11-5-3-10(4-6-11)14(15,16)17;/h10-11,18H,2-9H2,1H3,(H,19,20);1H. The van der Waals surface area contributed by atoms with Crippen LogP contribution in [0.15, 0.2) is 0 Å².